The molecule has 1 unspecified atom stereocenters. The maximum absolute atomic E-state index is 13.2. The molecule has 1 aliphatic heterocycles. The van der Waals surface area contributed by atoms with Gasteiger partial charge < -0.3 is 10.2 Å². The van der Waals surface area contributed by atoms with Crippen LogP contribution < -0.4 is 5.32 Å². The minimum absolute atomic E-state index is 0.000458. The smallest absolute Gasteiger partial charge is 0.240 e. The quantitative estimate of drug-likeness (QED) is 0.754. The summed E-state index contributed by atoms with van der Waals surface area (Å²) in [5, 5.41) is 2.96. The summed E-state index contributed by atoms with van der Waals surface area (Å²) < 4.78 is 23.6. The van der Waals surface area contributed by atoms with Crippen molar-refractivity contribution in [3.63, 3.8) is 0 Å². The van der Waals surface area contributed by atoms with Crippen molar-refractivity contribution in [1.29, 1.82) is 0 Å². The van der Waals surface area contributed by atoms with Gasteiger partial charge in [0.2, 0.25) is 11.8 Å². The Hall–Kier alpha value is -1.89. The number of amides is 2. The Morgan fingerprint density at radius 3 is 2.44 bits per heavy atom. The highest BCUT2D eigenvalue weighted by atomic mass is 32.2. The highest BCUT2D eigenvalue weighted by Crippen LogP contribution is 2.49. The lowest BCUT2D eigenvalue weighted by molar-refractivity contribution is -0.143. The van der Waals surface area contributed by atoms with Crippen LogP contribution in [0.25, 0.3) is 0 Å². The molecule has 0 radical (unpaired) electrons. The molecular weight excluding hydrogens is 364 g/mol. The molecule has 1 N–H and O–H groups in total. The number of carbonyl (C=O) groups is 2. The predicted molar refractivity (Wildman–Crippen MR) is 105 cm³/mol. The normalized spacial score (nSPS) is 22.4. The van der Waals surface area contributed by atoms with Crippen molar-refractivity contribution in [3.8, 4) is 0 Å². The van der Waals surface area contributed by atoms with Crippen molar-refractivity contribution in [2.45, 2.75) is 52.0 Å². The van der Waals surface area contributed by atoms with Gasteiger partial charge >= 0.3 is 0 Å². The second-order valence-corrected chi connectivity index (χ2v) is 10.2. The summed E-state index contributed by atoms with van der Waals surface area (Å²) in [7, 11) is -3.09. The maximum atomic E-state index is 13.2. The van der Waals surface area contributed by atoms with Crippen LogP contribution in [0.4, 0.5) is 5.69 Å². The van der Waals surface area contributed by atoms with Crippen LogP contribution in [-0.4, -0.2) is 49.2 Å². The summed E-state index contributed by atoms with van der Waals surface area (Å²) in [6.07, 6.45) is 1.48. The third kappa shape index (κ3) is 3.88. The molecule has 1 saturated carbocycles. The lowest BCUT2D eigenvalue weighted by atomic mass is 9.99. The van der Waals surface area contributed by atoms with Gasteiger partial charge in [0.05, 0.1) is 11.5 Å². The average molecular weight is 393 g/mol. The Bertz CT molecular complexity index is 843. The third-order valence-electron chi connectivity index (χ3n) is 5.68. The number of carbonyl (C=O) groups excluding carboxylic acids is 2. The number of nitrogens with zero attached hydrogens (tertiary/aromatic N) is 1. The molecule has 27 heavy (non-hydrogen) atoms. The average Bonchev–Trinajstić information content (AvgIpc) is 3.35. The number of nitrogens with one attached hydrogen (secondary N) is 1. The summed E-state index contributed by atoms with van der Waals surface area (Å²) in [5.74, 6) is -0.141. The van der Waals surface area contributed by atoms with Crippen LogP contribution >= 0.6 is 0 Å². The van der Waals surface area contributed by atoms with Gasteiger partial charge in [0.25, 0.3) is 0 Å². The predicted octanol–water partition coefficient (Wildman–Crippen LogP) is 2.56. The number of para-hydroxylation sites is 1. The molecule has 0 spiro atoms. The summed E-state index contributed by atoms with van der Waals surface area (Å²) in [6, 6.07) is 7.31. The third-order valence-corrected chi connectivity index (χ3v) is 7.43. The lowest BCUT2D eigenvalue weighted by Crippen LogP contribution is -2.48. The SMILES string of the molecule is CCN(C(=O)C1(C(=O)Nc2ccccc2C(C)C)CC1)C1CCS(=O)(=O)C1. The molecule has 2 amide bonds. The van der Waals surface area contributed by atoms with Crippen LogP contribution in [0.1, 0.15) is 51.5 Å². The van der Waals surface area contributed by atoms with Crippen molar-refractivity contribution in [2.75, 3.05) is 23.4 Å². The summed E-state index contributed by atoms with van der Waals surface area (Å²) in [4.78, 5) is 27.8. The first-order valence-corrected chi connectivity index (χ1v) is 11.4. The van der Waals surface area contributed by atoms with Gasteiger partial charge in [-0.05, 0) is 43.7 Å². The molecule has 1 aromatic carbocycles. The molecule has 148 valence electrons. The van der Waals surface area contributed by atoms with Gasteiger partial charge in [-0.1, -0.05) is 32.0 Å². The van der Waals surface area contributed by atoms with Crippen LogP contribution in [0.15, 0.2) is 24.3 Å². The monoisotopic (exact) mass is 392 g/mol. The van der Waals surface area contributed by atoms with Gasteiger partial charge in [0.1, 0.15) is 5.41 Å². The Balaban J connectivity index is 1.78. The summed E-state index contributed by atoms with van der Waals surface area (Å²) in [5.41, 5.74) is 0.721. The van der Waals surface area contributed by atoms with Crippen molar-refractivity contribution < 1.29 is 18.0 Å². The van der Waals surface area contributed by atoms with E-state index in [2.05, 4.69) is 19.2 Å². The van der Waals surface area contributed by atoms with Gasteiger partial charge in [-0.3, -0.25) is 9.59 Å². The molecule has 2 aliphatic rings. The molecule has 1 aromatic rings. The van der Waals surface area contributed by atoms with E-state index >= 15 is 0 Å². The second kappa shape index (κ2) is 7.26. The molecule has 3 rings (SSSR count). The van der Waals surface area contributed by atoms with Crippen molar-refractivity contribution in [3.05, 3.63) is 29.8 Å². The van der Waals surface area contributed by atoms with Crippen LogP contribution in [0, 0.1) is 5.41 Å². The van der Waals surface area contributed by atoms with E-state index in [1.165, 1.54) is 0 Å². The minimum Gasteiger partial charge on any atom is -0.338 e. The lowest BCUT2D eigenvalue weighted by Gasteiger charge is -2.30. The van der Waals surface area contributed by atoms with E-state index in [9.17, 15) is 18.0 Å². The number of hydrogen-bond donors (Lipinski definition) is 1. The summed E-state index contributed by atoms with van der Waals surface area (Å²) >= 11 is 0. The van der Waals surface area contributed by atoms with Gasteiger partial charge in [0, 0.05) is 18.3 Å². The number of hydrogen-bond acceptors (Lipinski definition) is 4. The van der Waals surface area contributed by atoms with E-state index in [1.807, 2.05) is 31.2 Å². The molecule has 1 aliphatic carbocycles. The number of sulfone groups is 1. The van der Waals surface area contributed by atoms with Gasteiger partial charge in [0.15, 0.2) is 9.84 Å². The Morgan fingerprint density at radius 1 is 1.26 bits per heavy atom. The van der Waals surface area contributed by atoms with Crippen molar-refractivity contribution in [2.24, 2.45) is 5.41 Å². The van der Waals surface area contributed by atoms with Crippen molar-refractivity contribution in [1.82, 2.24) is 4.90 Å². The molecule has 0 bridgehead atoms. The molecule has 1 saturated heterocycles. The zero-order valence-electron chi connectivity index (χ0n) is 16.2. The number of anilines is 1. The van der Waals surface area contributed by atoms with Crippen LogP contribution in [0.5, 0.6) is 0 Å². The van der Waals surface area contributed by atoms with Crippen LogP contribution in [0.2, 0.25) is 0 Å². The zero-order chi connectivity index (χ0) is 19.8. The molecule has 0 aromatic heterocycles. The summed E-state index contributed by atoms with van der Waals surface area (Å²) in [6.45, 7) is 6.37. The molecule has 1 heterocycles. The Morgan fingerprint density at radius 2 is 1.93 bits per heavy atom. The fourth-order valence-corrected chi connectivity index (χ4v) is 5.61. The first-order chi connectivity index (χ1) is 12.7. The van der Waals surface area contributed by atoms with E-state index in [0.29, 0.717) is 25.8 Å². The largest absolute Gasteiger partial charge is 0.338 e. The molecule has 6 nitrogen and oxygen atoms in total. The molecule has 7 heteroatoms. The maximum Gasteiger partial charge on any atom is 0.240 e. The van der Waals surface area contributed by atoms with Gasteiger partial charge in [-0.25, -0.2) is 8.42 Å². The highest BCUT2D eigenvalue weighted by Gasteiger charge is 2.59. The molecule has 1 atom stereocenters. The number of benzene rings is 1. The first-order valence-electron chi connectivity index (χ1n) is 9.62. The van der Waals surface area contributed by atoms with Crippen molar-refractivity contribution >= 4 is 27.3 Å². The Labute approximate surface area is 161 Å². The fourth-order valence-electron chi connectivity index (χ4n) is 3.88. The van der Waals surface area contributed by atoms with E-state index < -0.39 is 15.3 Å². The first kappa shape index (κ1) is 19.9. The zero-order valence-corrected chi connectivity index (χ0v) is 17.0. The van der Waals surface area contributed by atoms with E-state index in [1.54, 1.807) is 4.90 Å². The fraction of sp³-hybridized carbons (Fsp3) is 0.600. The topological polar surface area (TPSA) is 83.6 Å². The van der Waals surface area contributed by atoms with Crippen LogP contribution in [-0.2, 0) is 19.4 Å². The van der Waals surface area contributed by atoms with Gasteiger partial charge in [-0.15, -0.1) is 0 Å². The van der Waals surface area contributed by atoms with Gasteiger partial charge in [-0.2, -0.15) is 0 Å². The standard InChI is InChI=1S/C20H28N2O4S/c1-4-22(15-9-12-27(25,26)13-15)19(24)20(10-11-20)18(23)21-17-8-6-5-7-16(17)14(2)3/h5-8,14-15H,4,9-13H2,1-3H3,(H,21,23). The van der Waals surface area contributed by atoms with E-state index in [0.717, 1.165) is 11.3 Å². The van der Waals surface area contributed by atoms with E-state index in [4.69, 9.17) is 0 Å². The molecule has 2 fully saturated rings. The van der Waals surface area contributed by atoms with Crippen LogP contribution in [0.3, 0.4) is 0 Å². The Kier molecular flexibility index (Phi) is 5.34. The molecular formula is C20H28N2O4S. The number of rotatable bonds is 6. The minimum atomic E-state index is -3.09. The second-order valence-electron chi connectivity index (χ2n) is 7.93. The highest BCUT2D eigenvalue weighted by molar-refractivity contribution is 7.91. The van der Waals surface area contributed by atoms with E-state index in [-0.39, 0.29) is 35.3 Å².